The van der Waals surface area contributed by atoms with E-state index in [0.717, 1.165) is 0 Å². The molecule has 3 aromatic carbocycles. The van der Waals surface area contributed by atoms with Crippen molar-refractivity contribution in [3.63, 3.8) is 0 Å². The van der Waals surface area contributed by atoms with Gasteiger partial charge in [-0.3, -0.25) is 14.5 Å². The summed E-state index contributed by atoms with van der Waals surface area (Å²) in [6.07, 6.45) is 0. The molecule has 4 rings (SSSR count). The van der Waals surface area contributed by atoms with E-state index in [0.29, 0.717) is 26.9 Å². The summed E-state index contributed by atoms with van der Waals surface area (Å²) in [6.45, 7) is 0. The summed E-state index contributed by atoms with van der Waals surface area (Å²) in [5.41, 5.74) is 1.39. The van der Waals surface area contributed by atoms with Crippen molar-refractivity contribution >= 4 is 46.3 Å². The van der Waals surface area contributed by atoms with E-state index in [1.807, 2.05) is 0 Å². The van der Waals surface area contributed by atoms with E-state index in [2.05, 4.69) is 0 Å². The Morgan fingerprint density at radius 1 is 0.862 bits per heavy atom. The van der Waals surface area contributed by atoms with Crippen LogP contribution in [0, 0.1) is 0 Å². The first-order valence-corrected chi connectivity index (χ1v) is 9.61. The largest absolute Gasteiger partial charge is 0.507 e. The molecule has 1 heterocycles. The van der Waals surface area contributed by atoms with Gasteiger partial charge in [-0.25, -0.2) is 0 Å². The average molecular weight is 424 g/mol. The molecule has 3 aromatic rings. The lowest BCUT2D eigenvalue weighted by Crippen LogP contribution is -2.29. The Hall–Kier alpha value is -3.08. The fourth-order valence-electron chi connectivity index (χ4n) is 3.47. The molecule has 0 aliphatic carbocycles. The molecule has 1 aliphatic heterocycles. The molecule has 29 heavy (non-hydrogen) atoms. The zero-order valence-corrected chi connectivity index (χ0v) is 16.6. The Bertz CT molecular complexity index is 1140. The lowest BCUT2D eigenvalue weighted by atomic mass is 9.95. The third kappa shape index (κ3) is 3.41. The molecular weight excluding hydrogens is 409 g/mol. The first-order chi connectivity index (χ1) is 14.0. The molecule has 0 radical (unpaired) electrons. The highest BCUT2D eigenvalue weighted by Gasteiger charge is 2.47. The van der Waals surface area contributed by atoms with Crippen molar-refractivity contribution in [3.8, 4) is 0 Å². The standard InChI is InChI=1S/C23H15Cl2NO3/c24-15-9-6-10-16(13-15)26-20(17-11-4-5-12-18(17)25)19(22(28)23(26)29)21(27)14-7-2-1-3-8-14/h1-13,20,27H/b21-19+. The van der Waals surface area contributed by atoms with Gasteiger partial charge in [0, 0.05) is 21.3 Å². The smallest absolute Gasteiger partial charge is 0.300 e. The van der Waals surface area contributed by atoms with Gasteiger partial charge in [-0.2, -0.15) is 0 Å². The van der Waals surface area contributed by atoms with Crippen LogP contribution in [0.25, 0.3) is 5.76 Å². The van der Waals surface area contributed by atoms with Gasteiger partial charge < -0.3 is 5.11 Å². The second kappa shape index (κ2) is 7.74. The highest BCUT2D eigenvalue weighted by Crippen LogP contribution is 2.44. The third-order valence-electron chi connectivity index (χ3n) is 4.78. The minimum absolute atomic E-state index is 0.0192. The molecule has 1 N–H and O–H groups in total. The normalized spacial score (nSPS) is 18.3. The SMILES string of the molecule is O=C1C(=O)N(c2cccc(Cl)c2)C(c2ccccc2Cl)/C1=C(\O)c1ccccc1. The molecule has 1 atom stereocenters. The molecule has 0 saturated carbocycles. The second-order valence-corrected chi connectivity index (χ2v) is 7.38. The quantitative estimate of drug-likeness (QED) is 0.337. The van der Waals surface area contributed by atoms with Gasteiger partial charge in [0.25, 0.3) is 11.7 Å². The van der Waals surface area contributed by atoms with E-state index in [4.69, 9.17) is 23.2 Å². The lowest BCUT2D eigenvalue weighted by Gasteiger charge is -2.26. The molecule has 1 amide bonds. The highest BCUT2D eigenvalue weighted by atomic mass is 35.5. The molecule has 0 spiro atoms. The maximum absolute atomic E-state index is 13.0. The number of Topliss-reactive ketones (excluding diaryl/α,β-unsaturated/α-hetero) is 1. The summed E-state index contributed by atoms with van der Waals surface area (Å²) in [4.78, 5) is 27.3. The summed E-state index contributed by atoms with van der Waals surface area (Å²) in [6, 6.07) is 21.3. The second-order valence-electron chi connectivity index (χ2n) is 6.54. The minimum atomic E-state index is -0.887. The summed E-state index contributed by atoms with van der Waals surface area (Å²) < 4.78 is 0. The Balaban J connectivity index is 1.99. The molecule has 6 heteroatoms. The number of ketones is 1. The van der Waals surface area contributed by atoms with Crippen LogP contribution in [0.4, 0.5) is 5.69 Å². The van der Waals surface area contributed by atoms with Crippen LogP contribution in [-0.4, -0.2) is 16.8 Å². The third-order valence-corrected chi connectivity index (χ3v) is 5.36. The highest BCUT2D eigenvalue weighted by molar-refractivity contribution is 6.52. The molecule has 1 fully saturated rings. The summed E-state index contributed by atoms with van der Waals surface area (Å²) >= 11 is 12.5. The Labute approximate surface area is 177 Å². The lowest BCUT2D eigenvalue weighted by molar-refractivity contribution is -0.132. The number of amides is 1. The van der Waals surface area contributed by atoms with E-state index < -0.39 is 17.7 Å². The molecule has 1 saturated heterocycles. The van der Waals surface area contributed by atoms with Crippen LogP contribution in [0.5, 0.6) is 0 Å². The fourth-order valence-corrected chi connectivity index (χ4v) is 3.89. The molecule has 0 bridgehead atoms. The van der Waals surface area contributed by atoms with Gasteiger partial charge >= 0.3 is 0 Å². The van der Waals surface area contributed by atoms with Crippen molar-refractivity contribution < 1.29 is 14.7 Å². The van der Waals surface area contributed by atoms with E-state index in [-0.39, 0.29) is 11.3 Å². The fraction of sp³-hybridized carbons (Fsp3) is 0.0435. The van der Waals surface area contributed by atoms with Crippen LogP contribution >= 0.6 is 23.2 Å². The van der Waals surface area contributed by atoms with E-state index in [1.54, 1.807) is 78.9 Å². The van der Waals surface area contributed by atoms with Crippen molar-refractivity contribution in [3.05, 3.63) is 106 Å². The van der Waals surface area contributed by atoms with E-state index >= 15 is 0 Å². The first-order valence-electron chi connectivity index (χ1n) is 8.85. The van der Waals surface area contributed by atoms with Crippen LogP contribution in [0.2, 0.25) is 10.0 Å². The molecule has 1 unspecified atom stereocenters. The Kier molecular flexibility index (Phi) is 5.14. The topological polar surface area (TPSA) is 57.6 Å². The van der Waals surface area contributed by atoms with Crippen LogP contribution in [0.3, 0.4) is 0 Å². The van der Waals surface area contributed by atoms with E-state index in [1.165, 1.54) is 4.90 Å². The summed E-state index contributed by atoms with van der Waals surface area (Å²) in [5.74, 6) is -1.79. The number of benzene rings is 3. The van der Waals surface area contributed by atoms with Gasteiger partial charge in [-0.1, -0.05) is 77.8 Å². The van der Waals surface area contributed by atoms with E-state index in [9.17, 15) is 14.7 Å². The number of carbonyl (C=O) groups excluding carboxylic acids is 2. The number of nitrogens with zero attached hydrogens (tertiary/aromatic N) is 1. The van der Waals surface area contributed by atoms with Gasteiger partial charge in [0.05, 0.1) is 11.6 Å². The van der Waals surface area contributed by atoms with Crippen molar-refractivity contribution in [2.75, 3.05) is 4.90 Å². The van der Waals surface area contributed by atoms with Crippen molar-refractivity contribution in [2.24, 2.45) is 0 Å². The number of anilines is 1. The van der Waals surface area contributed by atoms with Gasteiger partial charge in [-0.15, -0.1) is 0 Å². The van der Waals surface area contributed by atoms with Gasteiger partial charge in [0.2, 0.25) is 0 Å². The van der Waals surface area contributed by atoms with Crippen LogP contribution in [0.1, 0.15) is 17.2 Å². The number of hydrogen-bond acceptors (Lipinski definition) is 3. The molecule has 0 aromatic heterocycles. The number of rotatable bonds is 3. The Morgan fingerprint density at radius 2 is 1.55 bits per heavy atom. The monoisotopic (exact) mass is 423 g/mol. The molecular formula is C23H15Cl2NO3. The average Bonchev–Trinajstić information content (AvgIpc) is 2.99. The maximum atomic E-state index is 13.0. The van der Waals surface area contributed by atoms with Gasteiger partial charge in [-0.05, 0) is 29.8 Å². The van der Waals surface area contributed by atoms with Crippen LogP contribution < -0.4 is 4.90 Å². The molecule has 144 valence electrons. The van der Waals surface area contributed by atoms with Gasteiger partial charge in [0.15, 0.2) is 0 Å². The van der Waals surface area contributed by atoms with Crippen molar-refractivity contribution in [1.29, 1.82) is 0 Å². The summed E-state index contributed by atoms with van der Waals surface area (Å²) in [7, 11) is 0. The van der Waals surface area contributed by atoms with Gasteiger partial charge in [0.1, 0.15) is 5.76 Å². The molecule has 1 aliphatic rings. The number of carbonyl (C=O) groups is 2. The predicted octanol–water partition coefficient (Wildman–Crippen LogP) is 5.62. The zero-order chi connectivity index (χ0) is 20.5. The number of aliphatic hydroxyl groups excluding tert-OH is 1. The van der Waals surface area contributed by atoms with Crippen molar-refractivity contribution in [1.82, 2.24) is 0 Å². The number of aliphatic hydroxyl groups is 1. The van der Waals surface area contributed by atoms with Crippen LogP contribution in [0.15, 0.2) is 84.4 Å². The maximum Gasteiger partial charge on any atom is 0.300 e. The van der Waals surface area contributed by atoms with Crippen LogP contribution in [-0.2, 0) is 9.59 Å². The summed E-state index contributed by atoms with van der Waals surface area (Å²) in [5, 5.41) is 11.8. The van der Waals surface area contributed by atoms with Crippen molar-refractivity contribution in [2.45, 2.75) is 6.04 Å². The Morgan fingerprint density at radius 3 is 2.24 bits per heavy atom. The predicted molar refractivity (Wildman–Crippen MR) is 114 cm³/mol. The zero-order valence-electron chi connectivity index (χ0n) is 15.0. The number of hydrogen-bond donors (Lipinski definition) is 1. The first kappa shape index (κ1) is 19.2. The number of halogens is 2. The minimum Gasteiger partial charge on any atom is -0.507 e. The molecule has 4 nitrogen and oxygen atoms in total.